The molecule has 0 bridgehead atoms. The highest BCUT2D eigenvalue weighted by Gasteiger charge is 2.31. The molecule has 5 rings (SSSR count). The molecule has 0 radical (unpaired) electrons. The molecule has 38 heavy (non-hydrogen) atoms. The Kier molecular flexibility index (Phi) is 6.36. The molecule has 0 spiro atoms. The second-order valence-corrected chi connectivity index (χ2v) is 9.56. The number of hydrogen-bond acceptors (Lipinski definition) is 5. The SMILES string of the molecule is Cc1cc(C(C)c2nccn2C)cc(N2Cc3ccc(-c4ccc(F)cc4C(=N)N(C)C=N)cc3C2=O)n1. The molecule has 1 aliphatic heterocycles. The molecule has 192 valence electrons. The summed E-state index contributed by atoms with van der Waals surface area (Å²) in [5, 5.41) is 15.9. The van der Waals surface area contributed by atoms with Crippen molar-refractivity contribution >= 4 is 23.9 Å². The van der Waals surface area contributed by atoms with Gasteiger partial charge < -0.3 is 9.47 Å². The maximum absolute atomic E-state index is 14.1. The van der Waals surface area contributed by atoms with Crippen LogP contribution in [-0.4, -0.2) is 44.6 Å². The molecular weight excluding hydrogens is 481 g/mol. The summed E-state index contributed by atoms with van der Waals surface area (Å²) < 4.78 is 16.1. The Hall–Kier alpha value is -4.66. The fraction of sp³-hybridized carbons (Fsp3) is 0.207. The molecule has 1 aliphatic rings. The van der Waals surface area contributed by atoms with Gasteiger partial charge >= 0.3 is 0 Å². The quantitative estimate of drug-likeness (QED) is 0.279. The highest BCUT2D eigenvalue weighted by atomic mass is 19.1. The van der Waals surface area contributed by atoms with Gasteiger partial charge in [-0.3, -0.25) is 20.5 Å². The van der Waals surface area contributed by atoms with Crippen molar-refractivity contribution in [2.24, 2.45) is 7.05 Å². The number of amidine groups is 1. The van der Waals surface area contributed by atoms with E-state index in [1.165, 1.54) is 17.0 Å². The van der Waals surface area contributed by atoms with E-state index < -0.39 is 5.82 Å². The van der Waals surface area contributed by atoms with Crippen molar-refractivity contribution in [3.8, 4) is 11.1 Å². The van der Waals surface area contributed by atoms with Gasteiger partial charge in [-0.2, -0.15) is 0 Å². The van der Waals surface area contributed by atoms with Crippen LogP contribution in [0.5, 0.6) is 0 Å². The number of halogens is 1. The summed E-state index contributed by atoms with van der Waals surface area (Å²) in [6.07, 6.45) is 4.69. The van der Waals surface area contributed by atoms with E-state index >= 15 is 0 Å². The first-order valence-electron chi connectivity index (χ1n) is 12.2. The van der Waals surface area contributed by atoms with Crippen LogP contribution >= 0.6 is 0 Å². The molecule has 0 saturated heterocycles. The third kappa shape index (κ3) is 4.36. The summed E-state index contributed by atoms with van der Waals surface area (Å²) in [5.74, 6) is 0.884. The van der Waals surface area contributed by atoms with Crippen molar-refractivity contribution in [1.82, 2.24) is 19.4 Å². The predicted octanol–water partition coefficient (Wildman–Crippen LogP) is 5.11. The zero-order valence-corrected chi connectivity index (χ0v) is 21.7. The Morgan fingerprint density at radius 2 is 1.95 bits per heavy atom. The van der Waals surface area contributed by atoms with E-state index in [1.54, 1.807) is 30.3 Å². The van der Waals surface area contributed by atoms with Crippen molar-refractivity contribution in [2.45, 2.75) is 26.3 Å². The molecule has 4 aromatic rings. The molecule has 3 heterocycles. The minimum absolute atomic E-state index is 0.0127. The number of rotatable bonds is 6. The van der Waals surface area contributed by atoms with Crippen molar-refractivity contribution in [3.63, 3.8) is 0 Å². The molecule has 8 nitrogen and oxygen atoms in total. The summed E-state index contributed by atoms with van der Waals surface area (Å²) in [6, 6.07) is 13.7. The number of hydrogen-bond donors (Lipinski definition) is 2. The van der Waals surface area contributed by atoms with E-state index in [2.05, 4.69) is 16.9 Å². The van der Waals surface area contributed by atoms with Gasteiger partial charge in [0.15, 0.2) is 0 Å². The van der Waals surface area contributed by atoms with E-state index in [0.717, 1.165) is 29.0 Å². The van der Waals surface area contributed by atoms with Gasteiger partial charge in [-0.1, -0.05) is 25.1 Å². The minimum atomic E-state index is -0.476. The average Bonchev–Trinajstić information content (AvgIpc) is 3.49. The fourth-order valence-corrected chi connectivity index (χ4v) is 4.88. The predicted molar refractivity (Wildman–Crippen MR) is 145 cm³/mol. The number of aryl methyl sites for hydroxylation is 2. The number of nitrogens with one attached hydrogen (secondary N) is 2. The normalized spacial score (nSPS) is 13.4. The monoisotopic (exact) mass is 509 g/mol. The molecule has 0 aliphatic carbocycles. The highest BCUT2D eigenvalue weighted by Crippen LogP contribution is 2.34. The van der Waals surface area contributed by atoms with Crippen LogP contribution in [-0.2, 0) is 13.6 Å². The third-order valence-corrected chi connectivity index (χ3v) is 6.99. The summed E-state index contributed by atoms with van der Waals surface area (Å²) in [7, 11) is 3.52. The zero-order valence-electron chi connectivity index (χ0n) is 21.7. The number of amides is 1. The van der Waals surface area contributed by atoms with Crippen LogP contribution in [0, 0.1) is 23.6 Å². The van der Waals surface area contributed by atoms with E-state index in [-0.39, 0.29) is 17.7 Å². The number of imidazole rings is 1. The summed E-state index contributed by atoms with van der Waals surface area (Å²) in [4.78, 5) is 25.7. The number of carbonyl (C=O) groups is 1. The number of anilines is 1. The van der Waals surface area contributed by atoms with Crippen LogP contribution in [0.2, 0.25) is 0 Å². The Balaban J connectivity index is 1.50. The van der Waals surface area contributed by atoms with Gasteiger partial charge in [-0.15, -0.1) is 0 Å². The van der Waals surface area contributed by atoms with Gasteiger partial charge in [-0.05, 0) is 59.5 Å². The molecule has 2 aromatic carbocycles. The minimum Gasteiger partial charge on any atom is -0.338 e. The van der Waals surface area contributed by atoms with Gasteiger partial charge in [0.1, 0.15) is 23.3 Å². The number of carbonyl (C=O) groups excluding carboxylic acids is 1. The third-order valence-electron chi connectivity index (χ3n) is 6.99. The molecular formula is C29H28FN7O. The first-order chi connectivity index (χ1) is 18.2. The van der Waals surface area contributed by atoms with Gasteiger partial charge in [0.25, 0.3) is 5.91 Å². The van der Waals surface area contributed by atoms with Crippen LogP contribution in [0.1, 0.15) is 51.4 Å². The fourth-order valence-electron chi connectivity index (χ4n) is 4.88. The maximum atomic E-state index is 14.1. The second-order valence-electron chi connectivity index (χ2n) is 9.56. The van der Waals surface area contributed by atoms with E-state index in [9.17, 15) is 9.18 Å². The molecule has 0 fully saturated rings. The lowest BCUT2D eigenvalue weighted by Gasteiger charge is -2.19. The number of aromatic nitrogens is 3. The van der Waals surface area contributed by atoms with Crippen molar-refractivity contribution in [1.29, 1.82) is 10.8 Å². The van der Waals surface area contributed by atoms with E-state index in [0.29, 0.717) is 34.6 Å². The molecule has 1 unspecified atom stereocenters. The molecule has 9 heteroatoms. The van der Waals surface area contributed by atoms with Crippen LogP contribution in [0.3, 0.4) is 0 Å². The van der Waals surface area contributed by atoms with Crippen molar-refractivity contribution < 1.29 is 9.18 Å². The molecule has 2 N–H and O–H groups in total. The van der Waals surface area contributed by atoms with Gasteiger partial charge in [-0.25, -0.2) is 14.4 Å². The maximum Gasteiger partial charge on any atom is 0.260 e. The van der Waals surface area contributed by atoms with Gasteiger partial charge in [0, 0.05) is 49.2 Å². The summed E-state index contributed by atoms with van der Waals surface area (Å²) in [5.41, 5.74) is 4.90. The lowest BCUT2D eigenvalue weighted by molar-refractivity contribution is 0.0996. The average molecular weight is 510 g/mol. The molecule has 1 amide bonds. The largest absolute Gasteiger partial charge is 0.338 e. The van der Waals surface area contributed by atoms with Crippen molar-refractivity contribution in [3.05, 3.63) is 101 Å². The lowest BCUT2D eigenvalue weighted by Crippen LogP contribution is -2.25. The second kappa shape index (κ2) is 9.66. The molecule has 2 aromatic heterocycles. The number of pyridine rings is 1. The Morgan fingerprint density at radius 3 is 2.66 bits per heavy atom. The van der Waals surface area contributed by atoms with Crippen LogP contribution in [0.4, 0.5) is 10.2 Å². The van der Waals surface area contributed by atoms with Crippen LogP contribution in [0.15, 0.2) is 60.9 Å². The number of fused-ring (bicyclic) bond motifs is 1. The van der Waals surface area contributed by atoms with Gasteiger partial charge in [0.05, 0.1) is 12.9 Å². The Morgan fingerprint density at radius 1 is 1.16 bits per heavy atom. The van der Waals surface area contributed by atoms with E-state index in [4.69, 9.17) is 10.8 Å². The smallest absolute Gasteiger partial charge is 0.260 e. The van der Waals surface area contributed by atoms with Gasteiger partial charge in [0.2, 0.25) is 0 Å². The first-order valence-corrected chi connectivity index (χ1v) is 12.2. The number of benzene rings is 2. The lowest BCUT2D eigenvalue weighted by atomic mass is 9.95. The molecule has 1 atom stereocenters. The highest BCUT2D eigenvalue weighted by molar-refractivity contribution is 6.11. The summed E-state index contributed by atoms with van der Waals surface area (Å²) >= 11 is 0. The topological polar surface area (TPSA) is 102 Å². The first kappa shape index (κ1) is 25.0. The van der Waals surface area contributed by atoms with Crippen LogP contribution in [0.25, 0.3) is 11.1 Å². The Bertz CT molecular complexity index is 1590. The standard InChI is InChI=1S/C29H28FN7O/c1-17-11-21(18(2)28-33-9-10-35(28)3)13-26(34-17)37-15-20-6-5-19(12-24(20)29(37)38)23-8-7-22(30)14-25(23)27(32)36(4)16-31/h5-14,16,18,31-32H,15H2,1-4H3. The Labute approximate surface area is 220 Å². The zero-order chi connectivity index (χ0) is 27.1. The van der Waals surface area contributed by atoms with E-state index in [1.807, 2.05) is 49.0 Å². The molecule has 0 saturated carbocycles. The number of nitrogens with zero attached hydrogens (tertiary/aromatic N) is 5. The summed E-state index contributed by atoms with van der Waals surface area (Å²) in [6.45, 7) is 4.39. The van der Waals surface area contributed by atoms with Crippen molar-refractivity contribution in [2.75, 3.05) is 11.9 Å². The van der Waals surface area contributed by atoms with Crippen LogP contribution < -0.4 is 4.90 Å².